The zero-order chi connectivity index (χ0) is 13.8. The SMILES string of the molecule is CCN(C(=O)CNc1cc(OC)ccc1Cl)C1CC1. The molecule has 0 spiro atoms. The summed E-state index contributed by atoms with van der Waals surface area (Å²) in [4.78, 5) is 14.0. The summed E-state index contributed by atoms with van der Waals surface area (Å²) in [6.45, 7) is 3.03. The van der Waals surface area contributed by atoms with Crippen molar-refractivity contribution in [3.05, 3.63) is 23.2 Å². The van der Waals surface area contributed by atoms with Crippen LogP contribution in [-0.2, 0) is 4.79 Å². The predicted octanol–water partition coefficient (Wildman–Crippen LogP) is 2.77. The number of nitrogens with one attached hydrogen (secondary N) is 1. The molecule has 1 aromatic carbocycles. The zero-order valence-corrected chi connectivity index (χ0v) is 12.0. The Labute approximate surface area is 118 Å². The van der Waals surface area contributed by atoms with E-state index in [0.29, 0.717) is 16.8 Å². The molecule has 0 atom stereocenters. The van der Waals surface area contributed by atoms with Gasteiger partial charge < -0.3 is 15.0 Å². The number of benzene rings is 1. The maximum Gasteiger partial charge on any atom is 0.242 e. The number of rotatable bonds is 6. The van der Waals surface area contributed by atoms with Crippen molar-refractivity contribution in [2.75, 3.05) is 25.5 Å². The van der Waals surface area contributed by atoms with E-state index in [-0.39, 0.29) is 12.5 Å². The van der Waals surface area contributed by atoms with Gasteiger partial charge >= 0.3 is 0 Å². The number of likely N-dealkylation sites (N-methyl/N-ethyl adjacent to an activating group) is 1. The highest BCUT2D eigenvalue weighted by atomic mass is 35.5. The topological polar surface area (TPSA) is 41.6 Å². The van der Waals surface area contributed by atoms with Gasteiger partial charge in [0.1, 0.15) is 5.75 Å². The molecule has 0 bridgehead atoms. The second kappa shape index (κ2) is 6.15. The highest BCUT2D eigenvalue weighted by molar-refractivity contribution is 6.33. The maximum absolute atomic E-state index is 12.1. The lowest BCUT2D eigenvalue weighted by atomic mass is 10.3. The maximum atomic E-state index is 12.1. The van der Waals surface area contributed by atoms with Crippen molar-refractivity contribution in [1.29, 1.82) is 0 Å². The van der Waals surface area contributed by atoms with Crippen LogP contribution < -0.4 is 10.1 Å². The molecule has 19 heavy (non-hydrogen) atoms. The summed E-state index contributed by atoms with van der Waals surface area (Å²) in [6.07, 6.45) is 2.25. The van der Waals surface area contributed by atoms with Crippen LogP contribution in [0.3, 0.4) is 0 Å². The monoisotopic (exact) mass is 282 g/mol. The van der Waals surface area contributed by atoms with Gasteiger partial charge in [0.2, 0.25) is 5.91 Å². The van der Waals surface area contributed by atoms with Crippen molar-refractivity contribution in [3.63, 3.8) is 0 Å². The standard InChI is InChI=1S/C14H19ClN2O2/c1-3-17(10-4-5-10)14(18)9-16-13-8-11(19-2)6-7-12(13)15/h6-8,10,16H,3-5,9H2,1-2H3. The van der Waals surface area contributed by atoms with Crippen LogP contribution in [0.25, 0.3) is 0 Å². The number of methoxy groups -OCH3 is 1. The summed E-state index contributed by atoms with van der Waals surface area (Å²) in [5.41, 5.74) is 0.723. The number of nitrogens with zero attached hydrogens (tertiary/aromatic N) is 1. The normalized spacial score (nSPS) is 14.1. The number of amides is 1. The van der Waals surface area contributed by atoms with Crippen molar-refractivity contribution in [2.45, 2.75) is 25.8 Å². The third kappa shape index (κ3) is 3.53. The molecule has 1 aromatic rings. The van der Waals surface area contributed by atoms with Crippen LogP contribution in [-0.4, -0.2) is 37.0 Å². The number of halogens is 1. The van der Waals surface area contributed by atoms with Gasteiger partial charge in [-0.05, 0) is 31.9 Å². The fourth-order valence-electron chi connectivity index (χ4n) is 2.06. The second-order valence-corrected chi connectivity index (χ2v) is 5.02. The molecule has 1 fully saturated rings. The van der Waals surface area contributed by atoms with Gasteiger partial charge in [-0.2, -0.15) is 0 Å². The first-order chi connectivity index (χ1) is 9.15. The molecule has 0 saturated heterocycles. The van der Waals surface area contributed by atoms with Gasteiger partial charge in [-0.3, -0.25) is 4.79 Å². The average Bonchev–Trinajstić information content (AvgIpc) is 3.23. The highest BCUT2D eigenvalue weighted by Crippen LogP contribution is 2.28. The summed E-state index contributed by atoms with van der Waals surface area (Å²) in [6, 6.07) is 5.78. The van der Waals surface area contributed by atoms with Crippen LogP contribution in [0.4, 0.5) is 5.69 Å². The van der Waals surface area contributed by atoms with E-state index >= 15 is 0 Å². The lowest BCUT2D eigenvalue weighted by Crippen LogP contribution is -2.37. The molecular formula is C14H19ClN2O2. The number of carbonyl (C=O) groups is 1. The summed E-state index contributed by atoms with van der Waals surface area (Å²) >= 11 is 6.08. The van der Waals surface area contributed by atoms with Gasteiger partial charge in [0, 0.05) is 18.7 Å². The minimum absolute atomic E-state index is 0.115. The fraction of sp³-hybridized carbons (Fsp3) is 0.500. The molecule has 0 radical (unpaired) electrons. The van der Waals surface area contributed by atoms with Crippen LogP contribution >= 0.6 is 11.6 Å². The Kier molecular flexibility index (Phi) is 4.53. The van der Waals surface area contributed by atoms with Gasteiger partial charge in [0.25, 0.3) is 0 Å². The van der Waals surface area contributed by atoms with Gasteiger partial charge in [-0.25, -0.2) is 0 Å². The number of hydrogen-bond donors (Lipinski definition) is 1. The van der Waals surface area contributed by atoms with Crippen molar-refractivity contribution < 1.29 is 9.53 Å². The first-order valence-electron chi connectivity index (χ1n) is 6.52. The molecule has 0 heterocycles. The zero-order valence-electron chi connectivity index (χ0n) is 11.3. The molecule has 1 amide bonds. The van der Waals surface area contributed by atoms with E-state index in [1.807, 2.05) is 11.8 Å². The third-order valence-electron chi connectivity index (χ3n) is 3.25. The molecule has 4 nitrogen and oxygen atoms in total. The lowest BCUT2D eigenvalue weighted by Gasteiger charge is -2.21. The number of hydrogen-bond acceptors (Lipinski definition) is 3. The van der Waals surface area contributed by atoms with E-state index in [9.17, 15) is 4.79 Å². The fourth-order valence-corrected chi connectivity index (χ4v) is 2.25. The minimum Gasteiger partial charge on any atom is -0.497 e. The van der Waals surface area contributed by atoms with Crippen molar-refractivity contribution in [2.24, 2.45) is 0 Å². The molecule has 1 aliphatic rings. The molecule has 1 saturated carbocycles. The Morgan fingerprint density at radius 1 is 1.53 bits per heavy atom. The predicted molar refractivity (Wildman–Crippen MR) is 76.9 cm³/mol. The molecule has 5 heteroatoms. The van der Waals surface area contributed by atoms with Crippen LogP contribution in [0.1, 0.15) is 19.8 Å². The first kappa shape index (κ1) is 14.0. The van der Waals surface area contributed by atoms with Gasteiger partial charge in [-0.1, -0.05) is 11.6 Å². The average molecular weight is 283 g/mol. The molecule has 0 aromatic heterocycles. The Morgan fingerprint density at radius 3 is 2.84 bits per heavy atom. The summed E-state index contributed by atoms with van der Waals surface area (Å²) in [7, 11) is 1.60. The van der Waals surface area contributed by atoms with Crippen molar-refractivity contribution >= 4 is 23.2 Å². The third-order valence-corrected chi connectivity index (χ3v) is 3.58. The van der Waals surface area contributed by atoms with Crippen LogP contribution in [0, 0.1) is 0 Å². The summed E-state index contributed by atoms with van der Waals surface area (Å²) < 4.78 is 5.14. The minimum atomic E-state index is 0.115. The van der Waals surface area contributed by atoms with E-state index < -0.39 is 0 Å². The Morgan fingerprint density at radius 2 is 2.26 bits per heavy atom. The molecule has 104 valence electrons. The van der Waals surface area contributed by atoms with Gasteiger partial charge in [0.15, 0.2) is 0 Å². The van der Waals surface area contributed by atoms with E-state index in [0.717, 1.165) is 25.1 Å². The van der Waals surface area contributed by atoms with Gasteiger partial charge in [0.05, 0.1) is 24.4 Å². The number of carbonyl (C=O) groups excluding carboxylic acids is 1. The second-order valence-electron chi connectivity index (χ2n) is 4.61. The Bertz CT molecular complexity index is 461. The first-order valence-corrected chi connectivity index (χ1v) is 6.90. The molecule has 0 unspecified atom stereocenters. The molecule has 2 rings (SSSR count). The summed E-state index contributed by atoms with van der Waals surface area (Å²) in [5.74, 6) is 0.831. The van der Waals surface area contributed by atoms with E-state index in [1.165, 1.54) is 0 Å². The number of ether oxygens (including phenoxy) is 1. The lowest BCUT2D eigenvalue weighted by molar-refractivity contribution is -0.129. The van der Waals surface area contributed by atoms with Crippen LogP contribution in [0.5, 0.6) is 5.75 Å². The van der Waals surface area contributed by atoms with E-state index in [1.54, 1.807) is 25.3 Å². The molecule has 0 aliphatic heterocycles. The van der Waals surface area contributed by atoms with Crippen molar-refractivity contribution in [1.82, 2.24) is 4.90 Å². The largest absolute Gasteiger partial charge is 0.497 e. The Balaban J connectivity index is 1.95. The van der Waals surface area contributed by atoms with E-state index in [4.69, 9.17) is 16.3 Å². The highest BCUT2D eigenvalue weighted by Gasteiger charge is 2.30. The Hall–Kier alpha value is -1.42. The van der Waals surface area contributed by atoms with Crippen LogP contribution in [0.15, 0.2) is 18.2 Å². The molecule has 1 N–H and O–H groups in total. The quantitative estimate of drug-likeness (QED) is 0.872. The van der Waals surface area contributed by atoms with Crippen molar-refractivity contribution in [3.8, 4) is 5.75 Å². The molecular weight excluding hydrogens is 264 g/mol. The molecule has 1 aliphatic carbocycles. The van der Waals surface area contributed by atoms with Crippen LogP contribution in [0.2, 0.25) is 5.02 Å². The van der Waals surface area contributed by atoms with E-state index in [2.05, 4.69) is 5.32 Å². The summed E-state index contributed by atoms with van der Waals surface area (Å²) in [5, 5.41) is 3.67. The smallest absolute Gasteiger partial charge is 0.242 e. The van der Waals surface area contributed by atoms with Gasteiger partial charge in [-0.15, -0.1) is 0 Å². The number of anilines is 1.